The second-order valence-electron chi connectivity index (χ2n) is 2.23. The van der Waals surface area contributed by atoms with Crippen molar-refractivity contribution in [3.05, 3.63) is 12.3 Å². The number of hydrazine groups is 1. The van der Waals surface area contributed by atoms with Crippen molar-refractivity contribution in [2.24, 2.45) is 5.16 Å². The zero-order valence-corrected chi connectivity index (χ0v) is 7.60. The fourth-order valence-electron chi connectivity index (χ4n) is 0.885. The summed E-state index contributed by atoms with van der Waals surface area (Å²) in [6.07, 6.45) is 4.84. The van der Waals surface area contributed by atoms with Crippen molar-refractivity contribution in [3.63, 3.8) is 0 Å². The largest absolute Gasteiger partial charge is 0.337 e. The van der Waals surface area contributed by atoms with Crippen LogP contribution >= 0.6 is 24.8 Å². The molecule has 0 aromatic carbocycles. The maximum absolute atomic E-state index is 5.04. The number of oxime groups is 1. The minimum atomic E-state index is -1.01. The summed E-state index contributed by atoms with van der Waals surface area (Å²) in [6.45, 7) is 0. The van der Waals surface area contributed by atoms with E-state index < -0.39 is 5.18 Å². The minimum absolute atomic E-state index is 0.573. The highest BCUT2D eigenvalue weighted by atomic mass is 32.1. The van der Waals surface area contributed by atoms with Crippen LogP contribution in [0.2, 0.25) is 0 Å². The third-order valence-electron chi connectivity index (χ3n) is 1.45. The predicted molar refractivity (Wildman–Crippen MR) is 51.1 cm³/mol. The number of rotatable bonds is 0. The normalized spacial score (nSPS) is 32.4. The van der Waals surface area contributed by atoms with Gasteiger partial charge in [0, 0.05) is 6.20 Å². The molecule has 0 radical (unpaired) electrons. The quantitative estimate of drug-likeness (QED) is 0.373. The van der Waals surface area contributed by atoms with Crippen LogP contribution in [0.4, 0.5) is 0 Å². The van der Waals surface area contributed by atoms with E-state index in [1.165, 1.54) is 6.34 Å². The number of nitrogens with one attached hydrogen (secondary N) is 2. The molecule has 2 rings (SSSR count). The molecule has 64 valence electrons. The highest BCUT2D eigenvalue weighted by molar-refractivity contribution is 7.82. The number of hydrogen-bond acceptors (Lipinski definition) is 6. The highest BCUT2D eigenvalue weighted by Gasteiger charge is 2.40. The van der Waals surface area contributed by atoms with Gasteiger partial charge in [0.15, 0.2) is 0 Å². The molecule has 0 amide bonds. The van der Waals surface area contributed by atoms with Crippen molar-refractivity contribution in [3.8, 4) is 0 Å². The maximum Gasteiger partial charge on any atom is 0.335 e. The molecule has 5 nitrogen and oxygen atoms in total. The van der Waals surface area contributed by atoms with Gasteiger partial charge in [0.2, 0.25) is 0 Å². The summed E-state index contributed by atoms with van der Waals surface area (Å²) in [5.74, 6) is 0. The van der Waals surface area contributed by atoms with Crippen LogP contribution in [0, 0.1) is 0 Å². The summed E-state index contributed by atoms with van der Waals surface area (Å²) in [6, 6.07) is 0. The number of thiocarbonyl (C=S) groups is 1. The second-order valence-corrected chi connectivity index (χ2v) is 3.26. The number of nitrogens with zero attached hydrogens (tertiary/aromatic N) is 2. The summed E-state index contributed by atoms with van der Waals surface area (Å²) in [7, 11) is 0. The van der Waals surface area contributed by atoms with E-state index in [1.54, 1.807) is 17.2 Å². The molecule has 0 bridgehead atoms. The molecule has 1 unspecified atom stereocenters. The maximum atomic E-state index is 5.04. The molecule has 1 atom stereocenters. The molecule has 12 heavy (non-hydrogen) atoms. The average molecular weight is 202 g/mol. The molecule has 0 aromatic rings. The average Bonchev–Trinajstić information content (AvgIpc) is 2.36. The van der Waals surface area contributed by atoms with Gasteiger partial charge in [-0.3, -0.25) is 4.90 Å². The SMILES string of the molecule is S=C1C=CNNC2(S)ON=CN12. The van der Waals surface area contributed by atoms with E-state index in [0.717, 1.165) is 0 Å². The molecule has 7 heteroatoms. The van der Waals surface area contributed by atoms with E-state index in [4.69, 9.17) is 17.1 Å². The summed E-state index contributed by atoms with van der Waals surface area (Å²) in [5, 5.41) is 2.58. The van der Waals surface area contributed by atoms with Crippen LogP contribution in [0.1, 0.15) is 0 Å². The molecule has 0 spiro atoms. The summed E-state index contributed by atoms with van der Waals surface area (Å²) in [4.78, 5) is 7.11. The molecule has 2 heterocycles. The van der Waals surface area contributed by atoms with Gasteiger partial charge in [-0.2, -0.15) is 5.43 Å². The molecule has 0 saturated heterocycles. The highest BCUT2D eigenvalue weighted by Crippen LogP contribution is 2.23. The molecule has 0 saturated carbocycles. The Labute approximate surface area is 79.8 Å². The molecule has 2 aliphatic heterocycles. The minimum Gasteiger partial charge on any atom is -0.337 e. The summed E-state index contributed by atoms with van der Waals surface area (Å²) in [5.41, 5.74) is 5.52. The molecule has 0 fully saturated rings. The van der Waals surface area contributed by atoms with Crippen LogP contribution in [0.25, 0.3) is 0 Å². The van der Waals surface area contributed by atoms with E-state index >= 15 is 0 Å². The molecule has 0 aliphatic carbocycles. The van der Waals surface area contributed by atoms with Gasteiger partial charge in [-0.15, -0.1) is 0 Å². The first-order valence-corrected chi connectivity index (χ1v) is 4.04. The lowest BCUT2D eigenvalue weighted by atomic mass is 10.5. The monoisotopic (exact) mass is 202 g/mol. The van der Waals surface area contributed by atoms with Crippen LogP contribution in [0.3, 0.4) is 0 Å². The van der Waals surface area contributed by atoms with E-state index in [1.807, 2.05) is 0 Å². The van der Waals surface area contributed by atoms with E-state index in [-0.39, 0.29) is 0 Å². The Hall–Kier alpha value is -0.790. The fraction of sp³-hybridized carbons (Fsp3) is 0.200. The van der Waals surface area contributed by atoms with Crippen LogP contribution in [-0.2, 0) is 4.84 Å². The Kier molecular flexibility index (Phi) is 1.71. The molecule has 2 aliphatic rings. The van der Waals surface area contributed by atoms with Gasteiger partial charge in [0.05, 0.1) is 0 Å². The van der Waals surface area contributed by atoms with E-state index in [2.05, 4.69) is 28.6 Å². The van der Waals surface area contributed by atoms with Crippen molar-refractivity contribution in [1.82, 2.24) is 15.8 Å². The zero-order chi connectivity index (χ0) is 8.60. The lowest BCUT2D eigenvalue weighted by molar-refractivity contribution is -0.0258. The summed E-state index contributed by atoms with van der Waals surface area (Å²) < 4.78 is 0. The molecular formula is C5H6N4OS2. The Morgan fingerprint density at radius 1 is 1.75 bits per heavy atom. The van der Waals surface area contributed by atoms with Gasteiger partial charge in [-0.25, -0.2) is 0 Å². The van der Waals surface area contributed by atoms with Gasteiger partial charge in [0.1, 0.15) is 11.3 Å². The van der Waals surface area contributed by atoms with Crippen molar-refractivity contribution >= 4 is 36.2 Å². The summed E-state index contributed by atoms with van der Waals surface area (Å²) >= 11 is 9.25. The zero-order valence-electron chi connectivity index (χ0n) is 5.89. The Morgan fingerprint density at radius 2 is 2.58 bits per heavy atom. The first-order chi connectivity index (χ1) is 5.72. The van der Waals surface area contributed by atoms with Gasteiger partial charge < -0.3 is 10.3 Å². The van der Waals surface area contributed by atoms with Crippen LogP contribution in [-0.4, -0.2) is 21.4 Å². The van der Waals surface area contributed by atoms with E-state index in [0.29, 0.717) is 4.99 Å². The standard InChI is InChI=1S/C5H6N4OS2/c11-4-1-2-6-8-5(12)9(4)3-7-10-5/h1-3,6,8,12H. The number of fused-ring (bicyclic) bond motifs is 1. The van der Waals surface area contributed by atoms with Crippen molar-refractivity contribution in [2.45, 2.75) is 5.18 Å². The van der Waals surface area contributed by atoms with Gasteiger partial charge >= 0.3 is 5.18 Å². The van der Waals surface area contributed by atoms with Gasteiger partial charge in [0.25, 0.3) is 0 Å². The molecule has 2 N–H and O–H groups in total. The van der Waals surface area contributed by atoms with Crippen molar-refractivity contribution < 1.29 is 4.84 Å². The topological polar surface area (TPSA) is 48.9 Å². The number of hydrogen-bond donors (Lipinski definition) is 3. The van der Waals surface area contributed by atoms with Crippen LogP contribution in [0.5, 0.6) is 0 Å². The van der Waals surface area contributed by atoms with Crippen molar-refractivity contribution in [1.29, 1.82) is 0 Å². The lowest BCUT2D eigenvalue weighted by Gasteiger charge is -2.28. The third-order valence-corrected chi connectivity index (χ3v) is 2.19. The van der Waals surface area contributed by atoms with Crippen molar-refractivity contribution in [2.75, 3.05) is 0 Å². The van der Waals surface area contributed by atoms with Crippen LogP contribution in [0.15, 0.2) is 17.4 Å². The smallest absolute Gasteiger partial charge is 0.335 e. The Bertz CT molecular complexity index is 279. The second kappa shape index (κ2) is 2.61. The molecular weight excluding hydrogens is 196 g/mol. The molecule has 0 aromatic heterocycles. The first kappa shape index (κ1) is 7.84. The fourth-order valence-corrected chi connectivity index (χ4v) is 1.47. The van der Waals surface area contributed by atoms with E-state index in [9.17, 15) is 0 Å². The predicted octanol–water partition coefficient (Wildman–Crippen LogP) is -0.248. The van der Waals surface area contributed by atoms with Crippen LogP contribution < -0.4 is 10.9 Å². The Balaban J connectivity index is 2.32. The van der Waals surface area contributed by atoms with Gasteiger partial charge in [-0.1, -0.05) is 30.0 Å². The number of thiol groups is 1. The lowest BCUT2D eigenvalue weighted by Crippen LogP contribution is -2.56. The Morgan fingerprint density at radius 3 is 3.42 bits per heavy atom. The third kappa shape index (κ3) is 1.06. The first-order valence-electron chi connectivity index (χ1n) is 3.19. The van der Waals surface area contributed by atoms with Gasteiger partial charge in [-0.05, 0) is 6.08 Å².